The van der Waals surface area contributed by atoms with Gasteiger partial charge in [-0.2, -0.15) is 0 Å². The van der Waals surface area contributed by atoms with E-state index in [0.717, 1.165) is 11.1 Å². The largest absolute Gasteiger partial charge is 0.496 e. The molecule has 4 nitrogen and oxygen atoms in total. The SMILES string of the molecule is COc1ccc(C)c2c1CC(CC(=O)O)C2=O. The number of rotatable bonds is 3. The van der Waals surface area contributed by atoms with Crippen LogP contribution in [0.1, 0.15) is 27.9 Å². The summed E-state index contributed by atoms with van der Waals surface area (Å²) in [6, 6.07) is 3.66. The molecule has 0 aliphatic heterocycles. The number of Topliss-reactive ketones (excluding diaryl/α,β-unsaturated/α-hetero) is 1. The first-order valence-corrected chi connectivity index (χ1v) is 5.47. The molecule has 0 aromatic heterocycles. The summed E-state index contributed by atoms with van der Waals surface area (Å²) < 4.78 is 5.21. The number of hydrogen-bond acceptors (Lipinski definition) is 3. The number of carbonyl (C=O) groups excluding carboxylic acids is 1. The first kappa shape index (κ1) is 11.6. The van der Waals surface area contributed by atoms with E-state index in [2.05, 4.69) is 0 Å². The summed E-state index contributed by atoms with van der Waals surface area (Å²) >= 11 is 0. The predicted octanol–water partition coefficient (Wildman–Crippen LogP) is 1.83. The minimum atomic E-state index is -0.937. The van der Waals surface area contributed by atoms with Crippen LogP contribution in [0.5, 0.6) is 5.75 Å². The molecule has 0 heterocycles. The number of methoxy groups -OCH3 is 1. The van der Waals surface area contributed by atoms with Crippen LogP contribution in [0, 0.1) is 12.8 Å². The van der Waals surface area contributed by atoms with Crippen LogP contribution in [0.25, 0.3) is 0 Å². The van der Waals surface area contributed by atoms with Crippen molar-refractivity contribution in [2.24, 2.45) is 5.92 Å². The number of aryl methyl sites for hydroxylation is 1. The molecule has 90 valence electrons. The molecule has 0 radical (unpaired) electrons. The third-order valence-corrected chi connectivity index (χ3v) is 3.19. The Morgan fingerprint density at radius 1 is 1.53 bits per heavy atom. The van der Waals surface area contributed by atoms with E-state index in [-0.39, 0.29) is 12.2 Å². The fourth-order valence-corrected chi connectivity index (χ4v) is 2.40. The zero-order chi connectivity index (χ0) is 12.6. The molecule has 1 aliphatic carbocycles. The highest BCUT2D eigenvalue weighted by atomic mass is 16.5. The summed E-state index contributed by atoms with van der Waals surface area (Å²) in [5, 5.41) is 8.78. The zero-order valence-corrected chi connectivity index (χ0v) is 9.82. The lowest BCUT2D eigenvalue weighted by Gasteiger charge is -2.07. The number of ether oxygens (including phenoxy) is 1. The lowest BCUT2D eigenvalue weighted by atomic mass is 10.00. The van der Waals surface area contributed by atoms with Gasteiger partial charge in [0.25, 0.3) is 0 Å². The van der Waals surface area contributed by atoms with Crippen molar-refractivity contribution < 1.29 is 19.4 Å². The van der Waals surface area contributed by atoms with Gasteiger partial charge in [-0.25, -0.2) is 0 Å². The monoisotopic (exact) mass is 234 g/mol. The van der Waals surface area contributed by atoms with Crippen molar-refractivity contribution in [2.75, 3.05) is 7.11 Å². The van der Waals surface area contributed by atoms with E-state index in [1.807, 2.05) is 19.1 Å². The van der Waals surface area contributed by atoms with Crippen LogP contribution in [0.3, 0.4) is 0 Å². The van der Waals surface area contributed by atoms with E-state index in [1.54, 1.807) is 7.11 Å². The van der Waals surface area contributed by atoms with E-state index in [9.17, 15) is 9.59 Å². The summed E-state index contributed by atoms with van der Waals surface area (Å²) in [6.45, 7) is 1.86. The first-order chi connectivity index (χ1) is 8.04. The van der Waals surface area contributed by atoms with E-state index in [4.69, 9.17) is 9.84 Å². The van der Waals surface area contributed by atoms with Gasteiger partial charge in [-0.05, 0) is 25.0 Å². The molecule has 1 unspecified atom stereocenters. The quantitative estimate of drug-likeness (QED) is 0.866. The standard InChI is InChI=1S/C13H14O4/c1-7-3-4-10(17-2)9-5-8(6-11(14)15)13(16)12(7)9/h3-4,8H,5-6H2,1-2H3,(H,14,15). The second kappa shape index (κ2) is 4.20. The van der Waals surface area contributed by atoms with E-state index >= 15 is 0 Å². The maximum atomic E-state index is 12.1. The molecule has 1 N–H and O–H groups in total. The lowest BCUT2D eigenvalue weighted by molar-refractivity contribution is -0.137. The minimum Gasteiger partial charge on any atom is -0.496 e. The maximum absolute atomic E-state index is 12.1. The van der Waals surface area contributed by atoms with Gasteiger partial charge in [-0.3, -0.25) is 9.59 Å². The van der Waals surface area contributed by atoms with Crippen molar-refractivity contribution in [3.8, 4) is 5.75 Å². The average Bonchev–Trinajstić information content (AvgIpc) is 2.57. The molecular formula is C13H14O4. The normalized spacial score (nSPS) is 18.0. The van der Waals surface area contributed by atoms with Crippen molar-refractivity contribution in [3.63, 3.8) is 0 Å². The Morgan fingerprint density at radius 3 is 2.82 bits per heavy atom. The molecule has 0 fully saturated rings. The van der Waals surface area contributed by atoms with Gasteiger partial charge < -0.3 is 9.84 Å². The van der Waals surface area contributed by atoms with Crippen molar-refractivity contribution >= 4 is 11.8 Å². The summed E-state index contributed by atoms with van der Waals surface area (Å²) in [4.78, 5) is 22.8. The van der Waals surface area contributed by atoms with E-state index < -0.39 is 11.9 Å². The number of benzene rings is 1. The highest BCUT2D eigenvalue weighted by Gasteiger charge is 2.35. The summed E-state index contributed by atoms with van der Waals surface area (Å²) in [6.07, 6.45) is 0.349. The van der Waals surface area contributed by atoms with Crippen LogP contribution >= 0.6 is 0 Å². The number of carbonyl (C=O) groups is 2. The molecule has 0 amide bonds. The molecule has 4 heteroatoms. The van der Waals surface area contributed by atoms with Crippen molar-refractivity contribution in [1.82, 2.24) is 0 Å². The number of aliphatic carboxylic acids is 1. The molecular weight excluding hydrogens is 220 g/mol. The Balaban J connectivity index is 2.43. The Hall–Kier alpha value is -1.84. The van der Waals surface area contributed by atoms with Crippen molar-refractivity contribution in [3.05, 3.63) is 28.8 Å². The van der Waals surface area contributed by atoms with E-state index in [1.165, 1.54) is 0 Å². The second-order valence-corrected chi connectivity index (χ2v) is 4.30. The number of fused-ring (bicyclic) bond motifs is 1. The van der Waals surface area contributed by atoms with Gasteiger partial charge in [-0.15, -0.1) is 0 Å². The van der Waals surface area contributed by atoms with Crippen molar-refractivity contribution in [2.45, 2.75) is 19.8 Å². The predicted molar refractivity (Wildman–Crippen MR) is 61.5 cm³/mol. The van der Waals surface area contributed by atoms with Gasteiger partial charge in [0.2, 0.25) is 0 Å². The Kier molecular flexibility index (Phi) is 2.88. The minimum absolute atomic E-state index is 0.0706. The molecule has 2 rings (SSSR count). The van der Waals surface area contributed by atoms with Gasteiger partial charge in [0.1, 0.15) is 5.75 Å². The summed E-state index contributed by atoms with van der Waals surface area (Å²) in [5.74, 6) is -0.782. The van der Waals surface area contributed by atoms with Gasteiger partial charge in [0, 0.05) is 17.0 Å². The number of carboxylic acids is 1. The van der Waals surface area contributed by atoms with Gasteiger partial charge in [0.15, 0.2) is 5.78 Å². The molecule has 0 saturated heterocycles. The molecule has 0 bridgehead atoms. The molecule has 1 aromatic rings. The topological polar surface area (TPSA) is 63.6 Å². The van der Waals surface area contributed by atoms with Gasteiger partial charge in [-0.1, -0.05) is 6.07 Å². The fraction of sp³-hybridized carbons (Fsp3) is 0.385. The molecule has 1 aromatic carbocycles. The summed E-state index contributed by atoms with van der Waals surface area (Å²) in [7, 11) is 1.56. The third kappa shape index (κ3) is 1.90. The van der Waals surface area contributed by atoms with Crippen LogP contribution in [0.15, 0.2) is 12.1 Å². The van der Waals surface area contributed by atoms with Crippen LogP contribution in [0.4, 0.5) is 0 Å². The van der Waals surface area contributed by atoms with E-state index in [0.29, 0.717) is 17.7 Å². The number of ketones is 1. The molecule has 1 aliphatic rings. The maximum Gasteiger partial charge on any atom is 0.304 e. The zero-order valence-electron chi connectivity index (χ0n) is 9.82. The molecule has 0 spiro atoms. The van der Waals surface area contributed by atoms with Crippen LogP contribution in [-0.2, 0) is 11.2 Å². The number of hydrogen-bond donors (Lipinski definition) is 1. The van der Waals surface area contributed by atoms with Crippen LogP contribution in [-0.4, -0.2) is 24.0 Å². The second-order valence-electron chi connectivity index (χ2n) is 4.30. The Bertz CT molecular complexity index is 490. The molecule has 0 saturated carbocycles. The van der Waals surface area contributed by atoms with Crippen LogP contribution < -0.4 is 4.74 Å². The Labute approximate surface area is 99.2 Å². The smallest absolute Gasteiger partial charge is 0.304 e. The molecule has 17 heavy (non-hydrogen) atoms. The van der Waals surface area contributed by atoms with Crippen molar-refractivity contribution in [1.29, 1.82) is 0 Å². The highest BCUT2D eigenvalue weighted by molar-refractivity contribution is 6.05. The number of carboxylic acid groups (broad SMARTS) is 1. The highest BCUT2D eigenvalue weighted by Crippen LogP contribution is 2.36. The lowest BCUT2D eigenvalue weighted by Crippen LogP contribution is -2.14. The average molecular weight is 234 g/mol. The summed E-state index contributed by atoms with van der Waals surface area (Å²) in [5.41, 5.74) is 2.39. The fourth-order valence-electron chi connectivity index (χ4n) is 2.40. The van der Waals surface area contributed by atoms with Gasteiger partial charge >= 0.3 is 5.97 Å². The van der Waals surface area contributed by atoms with Gasteiger partial charge in [0.05, 0.1) is 13.5 Å². The first-order valence-electron chi connectivity index (χ1n) is 5.47. The van der Waals surface area contributed by atoms with Crippen LogP contribution in [0.2, 0.25) is 0 Å². The third-order valence-electron chi connectivity index (χ3n) is 3.19. The molecule has 1 atom stereocenters. The Morgan fingerprint density at radius 2 is 2.24 bits per heavy atom.